The van der Waals surface area contributed by atoms with Crippen LogP contribution in [0.2, 0.25) is 5.02 Å². The van der Waals surface area contributed by atoms with Crippen LogP contribution in [0.4, 0.5) is 5.69 Å². The number of hydrogen-bond donors (Lipinski definition) is 2. The van der Waals surface area contributed by atoms with E-state index in [-0.39, 0.29) is 17.9 Å². The smallest absolute Gasteiger partial charge is 0.267 e. The minimum atomic E-state index is -0.356. The molecule has 8 heteroatoms. The number of halogens is 1. The Balaban J connectivity index is 1.88. The van der Waals surface area contributed by atoms with Gasteiger partial charge in [0.1, 0.15) is 10.6 Å². The lowest BCUT2D eigenvalue weighted by Crippen LogP contribution is -2.31. The summed E-state index contributed by atoms with van der Waals surface area (Å²) in [7, 11) is 0. The van der Waals surface area contributed by atoms with Gasteiger partial charge in [-0.1, -0.05) is 11.6 Å². The lowest BCUT2D eigenvalue weighted by Gasteiger charge is -2.13. The van der Waals surface area contributed by atoms with Crippen molar-refractivity contribution in [3.8, 4) is 10.8 Å². The summed E-state index contributed by atoms with van der Waals surface area (Å²) < 4.78 is 5.58. The molecular formula is C20H20ClN3O3S. The molecule has 2 N–H and O–H groups in total. The Hall–Kier alpha value is -2.64. The van der Waals surface area contributed by atoms with Crippen LogP contribution in [0.5, 0.6) is 0 Å². The van der Waals surface area contributed by atoms with Gasteiger partial charge in [0.2, 0.25) is 0 Å². The van der Waals surface area contributed by atoms with Crippen LogP contribution in [0.1, 0.15) is 45.3 Å². The van der Waals surface area contributed by atoms with Gasteiger partial charge in [-0.15, -0.1) is 11.3 Å². The summed E-state index contributed by atoms with van der Waals surface area (Å²) in [5, 5.41) is 6.65. The van der Waals surface area contributed by atoms with E-state index in [0.29, 0.717) is 37.6 Å². The van der Waals surface area contributed by atoms with Crippen LogP contribution in [-0.2, 0) is 0 Å². The Morgan fingerprint density at radius 1 is 1.14 bits per heavy atom. The number of benzene rings is 1. The molecule has 3 rings (SSSR count). The molecule has 0 aliphatic rings. The van der Waals surface area contributed by atoms with Crippen LogP contribution < -0.4 is 10.6 Å². The fourth-order valence-corrected chi connectivity index (χ4v) is 3.69. The van der Waals surface area contributed by atoms with Gasteiger partial charge in [-0.2, -0.15) is 0 Å². The van der Waals surface area contributed by atoms with Crippen molar-refractivity contribution in [1.29, 1.82) is 0 Å². The zero-order valence-electron chi connectivity index (χ0n) is 15.9. The molecule has 0 aliphatic carbocycles. The van der Waals surface area contributed by atoms with Gasteiger partial charge in [0.15, 0.2) is 10.8 Å². The summed E-state index contributed by atoms with van der Waals surface area (Å²) in [5.74, 6) is 0.748. The van der Waals surface area contributed by atoms with Crippen LogP contribution in [0.15, 0.2) is 34.7 Å². The van der Waals surface area contributed by atoms with Crippen molar-refractivity contribution in [3.63, 3.8) is 0 Å². The van der Waals surface area contributed by atoms with Gasteiger partial charge in [0, 0.05) is 11.1 Å². The van der Waals surface area contributed by atoms with Crippen molar-refractivity contribution < 1.29 is 14.0 Å². The number of hydrogen-bond acceptors (Lipinski definition) is 5. The number of nitrogens with zero attached hydrogens (tertiary/aromatic N) is 1. The third kappa shape index (κ3) is 4.43. The van der Waals surface area contributed by atoms with E-state index in [0.717, 1.165) is 5.76 Å². The van der Waals surface area contributed by atoms with Gasteiger partial charge in [-0.25, -0.2) is 4.98 Å². The molecule has 0 aliphatic heterocycles. The van der Waals surface area contributed by atoms with Crippen molar-refractivity contribution >= 4 is 40.4 Å². The highest BCUT2D eigenvalue weighted by Gasteiger charge is 2.20. The summed E-state index contributed by atoms with van der Waals surface area (Å²) in [6.07, 6.45) is 0. The highest BCUT2D eigenvalue weighted by Crippen LogP contribution is 2.30. The van der Waals surface area contributed by atoms with E-state index in [2.05, 4.69) is 15.6 Å². The van der Waals surface area contributed by atoms with E-state index in [1.165, 1.54) is 11.3 Å². The van der Waals surface area contributed by atoms with Crippen molar-refractivity contribution in [3.05, 3.63) is 57.2 Å². The highest BCUT2D eigenvalue weighted by atomic mass is 35.5. The van der Waals surface area contributed by atoms with Crippen LogP contribution >= 0.6 is 22.9 Å². The zero-order chi connectivity index (χ0) is 20.4. The number of aromatic nitrogens is 1. The Kier molecular flexibility index (Phi) is 5.86. The number of thiazole rings is 1. The summed E-state index contributed by atoms with van der Waals surface area (Å²) in [6.45, 7) is 7.34. The number of nitrogens with one attached hydrogen (secondary N) is 2. The second-order valence-corrected chi connectivity index (χ2v) is 8.05. The van der Waals surface area contributed by atoms with Crippen LogP contribution in [0.25, 0.3) is 10.8 Å². The molecule has 0 saturated heterocycles. The molecule has 2 amide bonds. The van der Waals surface area contributed by atoms with Gasteiger partial charge in [-0.05, 0) is 58.0 Å². The Morgan fingerprint density at radius 2 is 1.89 bits per heavy atom. The average molecular weight is 418 g/mol. The number of anilines is 1. The first kappa shape index (κ1) is 20.1. The van der Waals surface area contributed by atoms with Crippen molar-refractivity contribution in [2.75, 3.05) is 5.32 Å². The lowest BCUT2D eigenvalue weighted by molar-refractivity contribution is 0.0944. The highest BCUT2D eigenvalue weighted by molar-refractivity contribution is 7.17. The number of furan rings is 1. The molecular weight excluding hydrogens is 398 g/mol. The first-order valence-electron chi connectivity index (χ1n) is 8.70. The molecule has 0 saturated carbocycles. The molecule has 0 unspecified atom stereocenters. The summed E-state index contributed by atoms with van der Waals surface area (Å²) >= 11 is 7.30. The van der Waals surface area contributed by atoms with Crippen molar-refractivity contribution in [2.45, 2.75) is 33.7 Å². The van der Waals surface area contributed by atoms with E-state index in [1.807, 2.05) is 32.9 Å². The molecule has 0 radical (unpaired) electrons. The Bertz CT molecular complexity index is 1040. The van der Waals surface area contributed by atoms with Crippen LogP contribution in [0.3, 0.4) is 0 Å². The molecule has 2 aromatic heterocycles. The van der Waals surface area contributed by atoms with E-state index in [4.69, 9.17) is 16.0 Å². The standard InChI is InChI=1S/C20H20ClN3O3S/c1-10(2)22-18(25)14-7-6-13(21)9-15(14)24-19(26)17-12(4)23-20(28-17)16-8-5-11(3)27-16/h5-10H,1-4H3,(H,22,25)(H,24,26). The van der Waals surface area contributed by atoms with Gasteiger partial charge in [-0.3, -0.25) is 9.59 Å². The minimum Gasteiger partial charge on any atom is -0.459 e. The summed E-state index contributed by atoms with van der Waals surface area (Å²) in [6, 6.07) is 8.39. The third-order valence-corrected chi connectivity index (χ3v) is 5.25. The van der Waals surface area contributed by atoms with E-state index < -0.39 is 0 Å². The number of carbonyl (C=O) groups excluding carboxylic acids is 2. The fraction of sp³-hybridized carbons (Fsp3) is 0.250. The average Bonchev–Trinajstić information content (AvgIpc) is 3.20. The van der Waals surface area contributed by atoms with Gasteiger partial charge < -0.3 is 15.1 Å². The summed E-state index contributed by atoms with van der Waals surface area (Å²) in [5.41, 5.74) is 1.27. The quantitative estimate of drug-likeness (QED) is 0.607. The van der Waals surface area contributed by atoms with Crippen molar-refractivity contribution in [1.82, 2.24) is 10.3 Å². The maximum absolute atomic E-state index is 12.8. The van der Waals surface area contributed by atoms with Crippen molar-refractivity contribution in [2.24, 2.45) is 0 Å². The first-order chi connectivity index (χ1) is 13.2. The van der Waals surface area contributed by atoms with E-state index in [1.54, 1.807) is 25.1 Å². The topological polar surface area (TPSA) is 84.2 Å². The third-order valence-electron chi connectivity index (χ3n) is 3.85. The van der Waals surface area contributed by atoms with Crippen LogP contribution in [0, 0.1) is 13.8 Å². The normalized spacial score (nSPS) is 10.9. The monoisotopic (exact) mass is 417 g/mol. The van der Waals surface area contributed by atoms with Gasteiger partial charge in [0.05, 0.1) is 16.9 Å². The number of carbonyl (C=O) groups is 2. The predicted octanol–water partition coefficient (Wildman–Crippen LogP) is 5.06. The predicted molar refractivity (Wildman–Crippen MR) is 111 cm³/mol. The minimum absolute atomic E-state index is 0.0326. The van der Waals surface area contributed by atoms with Gasteiger partial charge in [0.25, 0.3) is 11.8 Å². The molecule has 0 fully saturated rings. The maximum Gasteiger partial charge on any atom is 0.267 e. The lowest BCUT2D eigenvalue weighted by atomic mass is 10.1. The molecule has 28 heavy (non-hydrogen) atoms. The molecule has 0 atom stereocenters. The number of aryl methyl sites for hydroxylation is 2. The number of amides is 2. The molecule has 0 bridgehead atoms. The van der Waals surface area contributed by atoms with Crippen LogP contribution in [-0.4, -0.2) is 22.8 Å². The molecule has 146 valence electrons. The second kappa shape index (κ2) is 8.16. The van der Waals surface area contributed by atoms with E-state index in [9.17, 15) is 9.59 Å². The SMILES string of the molecule is Cc1ccc(-c2nc(C)c(C(=O)Nc3cc(Cl)ccc3C(=O)NC(C)C)s2)o1. The zero-order valence-corrected chi connectivity index (χ0v) is 17.5. The molecule has 3 aromatic rings. The second-order valence-electron chi connectivity index (χ2n) is 6.62. The molecule has 0 spiro atoms. The summed E-state index contributed by atoms with van der Waals surface area (Å²) in [4.78, 5) is 30.2. The maximum atomic E-state index is 12.8. The Morgan fingerprint density at radius 3 is 2.54 bits per heavy atom. The number of rotatable bonds is 5. The van der Waals surface area contributed by atoms with E-state index >= 15 is 0 Å². The Labute approximate surface area is 171 Å². The molecule has 2 heterocycles. The van der Waals surface area contributed by atoms with Gasteiger partial charge >= 0.3 is 0 Å². The molecule has 6 nitrogen and oxygen atoms in total. The molecule has 1 aromatic carbocycles. The first-order valence-corrected chi connectivity index (χ1v) is 9.90. The fourth-order valence-electron chi connectivity index (χ4n) is 2.60. The largest absolute Gasteiger partial charge is 0.459 e.